The fourth-order valence-electron chi connectivity index (χ4n) is 3.10. The zero-order valence-electron chi connectivity index (χ0n) is 11.8. The minimum atomic E-state index is 0.784. The summed E-state index contributed by atoms with van der Waals surface area (Å²) in [6.07, 6.45) is 5.35. The Bertz CT molecular complexity index is 386. The first-order valence-corrected chi connectivity index (χ1v) is 8.09. The molecule has 1 aromatic carbocycles. The fraction of sp³-hybridized carbons (Fsp3) is 0.625. The molecule has 106 valence electrons. The third-order valence-electron chi connectivity index (χ3n) is 4.21. The van der Waals surface area contributed by atoms with Crippen LogP contribution in [0.3, 0.4) is 0 Å². The van der Waals surface area contributed by atoms with Gasteiger partial charge in [0, 0.05) is 17.6 Å². The molecule has 1 fully saturated rings. The van der Waals surface area contributed by atoms with Crippen LogP contribution < -0.4 is 5.73 Å². The van der Waals surface area contributed by atoms with Crippen molar-refractivity contribution in [1.29, 1.82) is 0 Å². The molecule has 3 heteroatoms. The summed E-state index contributed by atoms with van der Waals surface area (Å²) in [7, 11) is 2.23. The summed E-state index contributed by atoms with van der Waals surface area (Å²) < 4.78 is 1.17. The van der Waals surface area contributed by atoms with Crippen LogP contribution >= 0.6 is 15.9 Å². The summed E-state index contributed by atoms with van der Waals surface area (Å²) in [5, 5.41) is 0. The van der Waals surface area contributed by atoms with Gasteiger partial charge < -0.3 is 10.6 Å². The molecule has 0 heterocycles. The summed E-state index contributed by atoms with van der Waals surface area (Å²) in [6.45, 7) is 3.13. The van der Waals surface area contributed by atoms with Crippen LogP contribution in [0.2, 0.25) is 0 Å². The lowest BCUT2D eigenvalue weighted by Crippen LogP contribution is -2.29. The van der Waals surface area contributed by atoms with E-state index in [-0.39, 0.29) is 0 Å². The first kappa shape index (κ1) is 15.0. The highest BCUT2D eigenvalue weighted by Crippen LogP contribution is 2.28. The molecule has 1 saturated carbocycles. The molecule has 0 amide bonds. The number of nitrogens with zero attached hydrogens (tertiary/aromatic N) is 1. The highest BCUT2D eigenvalue weighted by atomic mass is 79.9. The Labute approximate surface area is 125 Å². The van der Waals surface area contributed by atoms with E-state index < -0.39 is 0 Å². The lowest BCUT2D eigenvalue weighted by molar-refractivity contribution is 0.201. The first-order valence-electron chi connectivity index (χ1n) is 7.30. The zero-order valence-corrected chi connectivity index (χ0v) is 13.4. The predicted octanol–water partition coefficient (Wildman–Crippen LogP) is 3.65. The van der Waals surface area contributed by atoms with Crippen LogP contribution in [-0.4, -0.2) is 25.0 Å². The molecule has 1 aliphatic rings. The van der Waals surface area contributed by atoms with Crippen LogP contribution in [0.4, 0.5) is 0 Å². The zero-order chi connectivity index (χ0) is 13.7. The van der Waals surface area contributed by atoms with Crippen molar-refractivity contribution in [3.05, 3.63) is 34.3 Å². The largest absolute Gasteiger partial charge is 0.330 e. The Balaban J connectivity index is 1.77. The number of halogens is 1. The molecular weight excluding hydrogens is 300 g/mol. The van der Waals surface area contributed by atoms with Gasteiger partial charge in [0.05, 0.1) is 0 Å². The van der Waals surface area contributed by atoms with E-state index in [9.17, 15) is 0 Å². The van der Waals surface area contributed by atoms with Crippen LogP contribution in [0.5, 0.6) is 0 Å². The van der Waals surface area contributed by atoms with Crippen LogP contribution in [0, 0.1) is 11.8 Å². The Kier molecular flexibility index (Phi) is 5.86. The topological polar surface area (TPSA) is 29.3 Å². The monoisotopic (exact) mass is 324 g/mol. The van der Waals surface area contributed by atoms with Crippen LogP contribution in [-0.2, 0) is 6.54 Å². The molecule has 2 rings (SSSR count). The number of hydrogen-bond donors (Lipinski definition) is 1. The van der Waals surface area contributed by atoms with Gasteiger partial charge in [0.25, 0.3) is 0 Å². The van der Waals surface area contributed by atoms with Gasteiger partial charge in [-0.2, -0.15) is 0 Å². The summed E-state index contributed by atoms with van der Waals surface area (Å²) in [5.41, 5.74) is 7.13. The molecule has 0 saturated heterocycles. The Morgan fingerprint density at radius 1 is 1.21 bits per heavy atom. The maximum absolute atomic E-state index is 5.75. The molecule has 1 aliphatic carbocycles. The fourth-order valence-corrected chi connectivity index (χ4v) is 3.55. The molecule has 0 atom stereocenters. The van der Waals surface area contributed by atoms with Crippen molar-refractivity contribution >= 4 is 15.9 Å². The third-order valence-corrected chi connectivity index (χ3v) is 4.70. The van der Waals surface area contributed by atoms with E-state index >= 15 is 0 Å². The minimum absolute atomic E-state index is 0.784. The normalized spacial score (nSPS) is 23.8. The van der Waals surface area contributed by atoms with Gasteiger partial charge in [0.15, 0.2) is 0 Å². The Morgan fingerprint density at radius 2 is 1.89 bits per heavy atom. The van der Waals surface area contributed by atoms with Gasteiger partial charge in [-0.3, -0.25) is 0 Å². The molecule has 2 nitrogen and oxygen atoms in total. The number of benzene rings is 1. The lowest BCUT2D eigenvalue weighted by Gasteiger charge is -2.30. The van der Waals surface area contributed by atoms with Crippen LogP contribution in [0.25, 0.3) is 0 Å². The van der Waals surface area contributed by atoms with Gasteiger partial charge in [-0.15, -0.1) is 0 Å². The van der Waals surface area contributed by atoms with Crippen LogP contribution in [0.15, 0.2) is 28.7 Å². The van der Waals surface area contributed by atoms with Gasteiger partial charge in [-0.25, -0.2) is 0 Å². The quantitative estimate of drug-likeness (QED) is 0.895. The van der Waals surface area contributed by atoms with Gasteiger partial charge in [-0.05, 0) is 68.8 Å². The highest BCUT2D eigenvalue weighted by molar-refractivity contribution is 9.10. The van der Waals surface area contributed by atoms with Crippen molar-refractivity contribution in [2.45, 2.75) is 32.2 Å². The molecule has 0 aromatic heterocycles. The van der Waals surface area contributed by atoms with E-state index in [0.717, 1.165) is 24.9 Å². The lowest BCUT2D eigenvalue weighted by atomic mass is 9.82. The van der Waals surface area contributed by atoms with E-state index in [1.54, 1.807) is 0 Å². The highest BCUT2D eigenvalue weighted by Gasteiger charge is 2.21. The smallest absolute Gasteiger partial charge is 0.0231 e. The average molecular weight is 325 g/mol. The van der Waals surface area contributed by atoms with Crippen molar-refractivity contribution in [1.82, 2.24) is 4.90 Å². The van der Waals surface area contributed by atoms with Gasteiger partial charge in [0.2, 0.25) is 0 Å². The number of rotatable bonds is 5. The molecule has 0 aliphatic heterocycles. The van der Waals surface area contributed by atoms with Gasteiger partial charge >= 0.3 is 0 Å². The van der Waals surface area contributed by atoms with Crippen molar-refractivity contribution in [2.24, 2.45) is 17.6 Å². The van der Waals surface area contributed by atoms with Crippen molar-refractivity contribution in [3.8, 4) is 0 Å². The van der Waals surface area contributed by atoms with Gasteiger partial charge in [0.1, 0.15) is 0 Å². The Hall–Kier alpha value is -0.380. The maximum atomic E-state index is 5.75. The van der Waals surface area contributed by atoms with Crippen LogP contribution in [0.1, 0.15) is 31.2 Å². The predicted molar refractivity (Wildman–Crippen MR) is 85.0 cm³/mol. The number of hydrogen-bond acceptors (Lipinski definition) is 2. The van der Waals surface area contributed by atoms with E-state index in [1.165, 1.54) is 42.3 Å². The second-order valence-electron chi connectivity index (χ2n) is 5.95. The van der Waals surface area contributed by atoms with E-state index in [4.69, 9.17) is 5.73 Å². The third kappa shape index (κ3) is 4.90. The second kappa shape index (κ2) is 7.41. The van der Waals surface area contributed by atoms with Gasteiger partial charge in [-0.1, -0.05) is 28.1 Å². The summed E-state index contributed by atoms with van der Waals surface area (Å²) in [5.74, 6) is 1.64. The molecule has 0 radical (unpaired) electrons. The summed E-state index contributed by atoms with van der Waals surface area (Å²) >= 11 is 3.53. The van der Waals surface area contributed by atoms with E-state index in [2.05, 4.69) is 52.1 Å². The Morgan fingerprint density at radius 3 is 2.53 bits per heavy atom. The summed E-state index contributed by atoms with van der Waals surface area (Å²) in [4.78, 5) is 2.45. The van der Waals surface area contributed by atoms with E-state index in [0.29, 0.717) is 0 Å². The maximum Gasteiger partial charge on any atom is 0.0231 e. The second-order valence-corrected chi connectivity index (χ2v) is 6.86. The number of nitrogens with two attached hydrogens (primary N) is 1. The van der Waals surface area contributed by atoms with E-state index in [1.807, 2.05) is 0 Å². The molecule has 0 unspecified atom stereocenters. The molecular formula is C16H25BrN2. The first-order chi connectivity index (χ1) is 9.17. The van der Waals surface area contributed by atoms with Crippen molar-refractivity contribution in [3.63, 3.8) is 0 Å². The molecule has 1 aromatic rings. The van der Waals surface area contributed by atoms with Crippen molar-refractivity contribution < 1.29 is 0 Å². The SMILES string of the molecule is CN(Cc1cccc(Br)c1)CC1CCC(CN)CC1. The molecule has 2 N–H and O–H groups in total. The van der Waals surface area contributed by atoms with Crippen molar-refractivity contribution in [2.75, 3.05) is 20.1 Å². The minimum Gasteiger partial charge on any atom is -0.330 e. The average Bonchev–Trinajstić information content (AvgIpc) is 2.39. The molecule has 0 spiro atoms. The molecule has 19 heavy (non-hydrogen) atoms. The standard InChI is InChI=1S/C16H25BrN2/c1-19(12-15-3-2-4-16(17)9-15)11-14-7-5-13(10-18)6-8-14/h2-4,9,13-14H,5-8,10-12,18H2,1H3. The molecule has 0 bridgehead atoms. The summed E-state index contributed by atoms with van der Waals surface area (Å²) in [6, 6.07) is 8.60.